The number of imidazole rings is 1. The van der Waals surface area contributed by atoms with Crippen molar-refractivity contribution in [3.8, 4) is 11.1 Å². The zero-order chi connectivity index (χ0) is 22.5. The molecule has 1 aliphatic rings. The van der Waals surface area contributed by atoms with E-state index in [4.69, 9.17) is 14.7 Å². The fraction of sp³-hybridized carbons (Fsp3) is 0.346. The van der Waals surface area contributed by atoms with Crippen molar-refractivity contribution in [1.82, 2.24) is 19.4 Å². The molecule has 5 rings (SSSR count). The summed E-state index contributed by atoms with van der Waals surface area (Å²) < 4.78 is 7.75. The van der Waals surface area contributed by atoms with Crippen LogP contribution in [0.4, 0.5) is 4.79 Å². The van der Waals surface area contributed by atoms with E-state index >= 15 is 0 Å². The van der Waals surface area contributed by atoms with Crippen LogP contribution in [0.5, 0.6) is 0 Å². The molecular formula is C26H28N4O2. The first-order valence-corrected chi connectivity index (χ1v) is 11.1. The lowest BCUT2D eigenvalue weighted by atomic mass is 10.0. The maximum absolute atomic E-state index is 12.5. The van der Waals surface area contributed by atoms with Crippen molar-refractivity contribution in [2.75, 3.05) is 13.1 Å². The minimum Gasteiger partial charge on any atom is -0.444 e. The standard InChI is InChI=1S/C26H28N4O2/c1-17-28-23-22(20-10-9-18-7-5-6-8-19(18)15-20)11-13-27-24(23)30(17)21-12-14-29(16-21)25(31)32-26(2,3)4/h5-11,13,15,21H,12,14,16H2,1-4H3/t21-/m0/s1. The van der Waals surface area contributed by atoms with E-state index < -0.39 is 5.60 Å². The molecule has 0 saturated carbocycles. The Kier molecular flexibility index (Phi) is 4.88. The predicted octanol–water partition coefficient (Wildman–Crippen LogP) is 5.74. The molecule has 6 heteroatoms. The van der Waals surface area contributed by atoms with Gasteiger partial charge in [-0.15, -0.1) is 0 Å². The average Bonchev–Trinajstić information content (AvgIpc) is 3.35. The highest BCUT2D eigenvalue weighted by Gasteiger charge is 2.32. The molecule has 2 aromatic heterocycles. The number of pyridine rings is 1. The number of fused-ring (bicyclic) bond motifs is 2. The normalized spacial score (nSPS) is 16.8. The highest BCUT2D eigenvalue weighted by Crippen LogP contribution is 2.33. The van der Waals surface area contributed by atoms with Crippen LogP contribution in [0, 0.1) is 6.92 Å². The molecule has 32 heavy (non-hydrogen) atoms. The van der Waals surface area contributed by atoms with Crippen LogP contribution < -0.4 is 0 Å². The molecule has 0 spiro atoms. The minimum absolute atomic E-state index is 0.131. The summed E-state index contributed by atoms with van der Waals surface area (Å²) in [5.74, 6) is 0.914. The quantitative estimate of drug-likeness (QED) is 0.408. The van der Waals surface area contributed by atoms with E-state index in [-0.39, 0.29) is 12.1 Å². The van der Waals surface area contributed by atoms with Crippen LogP contribution in [0.25, 0.3) is 33.1 Å². The van der Waals surface area contributed by atoms with Crippen molar-refractivity contribution in [3.05, 3.63) is 60.6 Å². The van der Waals surface area contributed by atoms with Crippen LogP contribution in [0.1, 0.15) is 39.1 Å². The van der Waals surface area contributed by atoms with Gasteiger partial charge in [0.05, 0.1) is 6.04 Å². The number of hydrogen-bond acceptors (Lipinski definition) is 4. The first-order chi connectivity index (χ1) is 15.3. The molecule has 6 nitrogen and oxygen atoms in total. The molecule has 1 saturated heterocycles. The van der Waals surface area contributed by atoms with E-state index in [0.29, 0.717) is 13.1 Å². The minimum atomic E-state index is -0.497. The maximum Gasteiger partial charge on any atom is 0.410 e. The Morgan fingerprint density at radius 2 is 1.88 bits per heavy atom. The maximum atomic E-state index is 12.5. The van der Waals surface area contributed by atoms with E-state index in [1.54, 1.807) is 4.90 Å². The average molecular weight is 429 g/mol. The van der Waals surface area contributed by atoms with Gasteiger partial charge in [0.15, 0.2) is 5.65 Å². The second-order valence-corrected chi connectivity index (χ2v) is 9.49. The number of benzene rings is 2. The molecule has 0 radical (unpaired) electrons. The molecule has 2 aromatic carbocycles. The first kappa shape index (κ1) is 20.5. The van der Waals surface area contributed by atoms with Gasteiger partial charge < -0.3 is 14.2 Å². The molecule has 1 atom stereocenters. The second-order valence-electron chi connectivity index (χ2n) is 9.49. The van der Waals surface area contributed by atoms with E-state index in [2.05, 4.69) is 47.0 Å². The number of rotatable bonds is 2. The third-order valence-electron chi connectivity index (χ3n) is 6.00. The summed E-state index contributed by atoms with van der Waals surface area (Å²) in [6.07, 6.45) is 2.45. The molecular weight excluding hydrogens is 400 g/mol. The van der Waals surface area contributed by atoms with Crippen LogP contribution in [-0.2, 0) is 4.74 Å². The van der Waals surface area contributed by atoms with E-state index in [9.17, 15) is 4.79 Å². The summed E-state index contributed by atoms with van der Waals surface area (Å²) in [7, 11) is 0. The van der Waals surface area contributed by atoms with Crippen LogP contribution in [0.15, 0.2) is 54.7 Å². The number of likely N-dealkylation sites (tertiary alicyclic amines) is 1. The summed E-state index contributed by atoms with van der Waals surface area (Å²) in [6.45, 7) is 8.97. The van der Waals surface area contributed by atoms with Crippen LogP contribution in [-0.4, -0.2) is 44.2 Å². The summed E-state index contributed by atoms with van der Waals surface area (Å²) in [5, 5.41) is 2.42. The van der Waals surface area contributed by atoms with Crippen LogP contribution in [0.3, 0.4) is 0 Å². The smallest absolute Gasteiger partial charge is 0.410 e. The van der Waals surface area contributed by atoms with Crippen molar-refractivity contribution >= 4 is 28.0 Å². The SMILES string of the molecule is Cc1nc2c(-c3ccc4ccccc4c3)ccnc2n1[C@H]1CCN(C(=O)OC(C)(C)C)C1. The van der Waals surface area contributed by atoms with Crippen molar-refractivity contribution in [2.24, 2.45) is 0 Å². The number of hydrogen-bond donors (Lipinski definition) is 0. The number of carbonyl (C=O) groups is 1. The lowest BCUT2D eigenvalue weighted by Gasteiger charge is -2.24. The lowest BCUT2D eigenvalue weighted by molar-refractivity contribution is 0.0289. The number of ether oxygens (including phenoxy) is 1. The Morgan fingerprint density at radius 1 is 1.09 bits per heavy atom. The van der Waals surface area contributed by atoms with Crippen molar-refractivity contribution in [1.29, 1.82) is 0 Å². The van der Waals surface area contributed by atoms with Crippen LogP contribution in [0.2, 0.25) is 0 Å². The summed E-state index contributed by atoms with van der Waals surface area (Å²) in [4.78, 5) is 23.9. The van der Waals surface area contributed by atoms with Crippen molar-refractivity contribution < 1.29 is 9.53 Å². The van der Waals surface area contributed by atoms with Gasteiger partial charge in [-0.3, -0.25) is 0 Å². The zero-order valence-electron chi connectivity index (χ0n) is 19.0. The molecule has 164 valence electrons. The Hall–Kier alpha value is -3.41. The fourth-order valence-electron chi connectivity index (χ4n) is 4.57. The Morgan fingerprint density at radius 3 is 2.66 bits per heavy atom. The number of aryl methyl sites for hydroxylation is 1. The van der Waals surface area contributed by atoms with Gasteiger partial charge in [0.25, 0.3) is 0 Å². The van der Waals surface area contributed by atoms with Crippen LogP contribution >= 0.6 is 0 Å². The van der Waals surface area contributed by atoms with Gasteiger partial charge in [0, 0.05) is 24.8 Å². The third-order valence-corrected chi connectivity index (χ3v) is 6.00. The van der Waals surface area contributed by atoms with Crippen molar-refractivity contribution in [3.63, 3.8) is 0 Å². The summed E-state index contributed by atoms with van der Waals surface area (Å²) in [6, 6.07) is 17.0. The second kappa shape index (κ2) is 7.62. The number of amides is 1. The Balaban J connectivity index is 1.50. The highest BCUT2D eigenvalue weighted by atomic mass is 16.6. The predicted molar refractivity (Wildman–Crippen MR) is 127 cm³/mol. The highest BCUT2D eigenvalue weighted by molar-refractivity contribution is 5.94. The number of carbonyl (C=O) groups excluding carboxylic acids is 1. The lowest BCUT2D eigenvalue weighted by Crippen LogP contribution is -2.35. The monoisotopic (exact) mass is 428 g/mol. The molecule has 4 aromatic rings. The molecule has 0 unspecified atom stereocenters. The molecule has 0 aliphatic carbocycles. The van der Waals surface area contributed by atoms with E-state index in [1.165, 1.54) is 10.8 Å². The topological polar surface area (TPSA) is 60.2 Å². The van der Waals surface area contributed by atoms with Gasteiger partial charge in [-0.05, 0) is 62.6 Å². The van der Waals surface area contributed by atoms with E-state index in [1.807, 2.05) is 40.0 Å². The fourth-order valence-corrected chi connectivity index (χ4v) is 4.57. The van der Waals surface area contributed by atoms with Gasteiger partial charge in [-0.25, -0.2) is 14.8 Å². The molecule has 0 bridgehead atoms. The number of nitrogens with zero attached hydrogens (tertiary/aromatic N) is 4. The molecule has 3 heterocycles. The molecule has 1 amide bonds. The Bertz CT molecular complexity index is 1320. The van der Waals surface area contributed by atoms with Gasteiger partial charge in [0.2, 0.25) is 0 Å². The van der Waals surface area contributed by atoms with Crippen molar-refractivity contribution in [2.45, 2.75) is 45.8 Å². The molecule has 1 fully saturated rings. The number of aromatic nitrogens is 3. The molecule has 0 N–H and O–H groups in total. The largest absolute Gasteiger partial charge is 0.444 e. The van der Waals surface area contributed by atoms with E-state index in [0.717, 1.165) is 34.5 Å². The first-order valence-electron chi connectivity index (χ1n) is 11.1. The Labute approximate surface area is 187 Å². The van der Waals surface area contributed by atoms with Gasteiger partial charge in [-0.1, -0.05) is 36.4 Å². The summed E-state index contributed by atoms with van der Waals surface area (Å²) >= 11 is 0. The summed E-state index contributed by atoms with van der Waals surface area (Å²) in [5.41, 5.74) is 3.47. The van der Waals surface area contributed by atoms with Gasteiger partial charge in [0.1, 0.15) is 16.9 Å². The zero-order valence-corrected chi connectivity index (χ0v) is 19.0. The van der Waals surface area contributed by atoms with Gasteiger partial charge >= 0.3 is 6.09 Å². The van der Waals surface area contributed by atoms with Gasteiger partial charge in [-0.2, -0.15) is 0 Å². The molecule has 1 aliphatic heterocycles. The third kappa shape index (κ3) is 3.70.